The SMILES string of the molecule is Cc1cc(SC#N)ccc1NC(=O)CSc1nnc(C2CCCCC2)o1. The lowest BCUT2D eigenvalue weighted by Gasteiger charge is -2.17. The molecule has 0 atom stereocenters. The Morgan fingerprint density at radius 1 is 1.35 bits per heavy atom. The van der Waals surface area contributed by atoms with E-state index in [2.05, 4.69) is 15.5 Å². The third kappa shape index (κ3) is 5.02. The minimum absolute atomic E-state index is 0.129. The first-order chi connectivity index (χ1) is 12.7. The Morgan fingerprint density at radius 3 is 2.88 bits per heavy atom. The van der Waals surface area contributed by atoms with Crippen molar-refractivity contribution < 1.29 is 9.21 Å². The number of nitrogens with zero attached hydrogens (tertiary/aromatic N) is 3. The van der Waals surface area contributed by atoms with Crippen LogP contribution in [0.4, 0.5) is 5.69 Å². The molecule has 1 aliphatic carbocycles. The van der Waals surface area contributed by atoms with Gasteiger partial charge in [0.25, 0.3) is 5.22 Å². The molecule has 1 aromatic heterocycles. The number of hydrogen-bond acceptors (Lipinski definition) is 7. The Labute approximate surface area is 161 Å². The molecule has 1 heterocycles. The van der Waals surface area contributed by atoms with Crippen LogP contribution in [0.2, 0.25) is 0 Å². The molecule has 8 heteroatoms. The minimum Gasteiger partial charge on any atom is -0.416 e. The van der Waals surface area contributed by atoms with Gasteiger partial charge in [0.15, 0.2) is 0 Å². The van der Waals surface area contributed by atoms with Crippen molar-refractivity contribution in [2.45, 2.75) is 55.1 Å². The molecule has 2 aromatic rings. The molecular weight excluding hydrogens is 368 g/mol. The predicted octanol–water partition coefficient (Wildman–Crippen LogP) is 4.73. The number of anilines is 1. The molecule has 1 amide bonds. The quantitative estimate of drug-likeness (QED) is 0.565. The van der Waals surface area contributed by atoms with Gasteiger partial charge in [0.2, 0.25) is 11.8 Å². The molecule has 6 nitrogen and oxygen atoms in total. The number of aryl methyl sites for hydroxylation is 1. The molecule has 1 aromatic carbocycles. The Morgan fingerprint density at radius 2 is 2.15 bits per heavy atom. The van der Waals surface area contributed by atoms with Crippen molar-refractivity contribution in [1.82, 2.24) is 10.2 Å². The summed E-state index contributed by atoms with van der Waals surface area (Å²) in [7, 11) is 0. The maximum absolute atomic E-state index is 12.2. The lowest BCUT2D eigenvalue weighted by atomic mass is 9.89. The van der Waals surface area contributed by atoms with Crippen LogP contribution >= 0.6 is 23.5 Å². The highest BCUT2D eigenvalue weighted by Gasteiger charge is 2.21. The standard InChI is InChI=1S/C18H20N4O2S2/c1-12-9-14(26-11-19)7-8-15(12)20-16(23)10-25-18-22-21-17(24-18)13-5-3-2-4-6-13/h7-9,13H,2-6,10H2,1H3,(H,20,23). The van der Waals surface area contributed by atoms with Crippen LogP contribution < -0.4 is 5.32 Å². The van der Waals surface area contributed by atoms with Crippen molar-refractivity contribution in [2.24, 2.45) is 0 Å². The van der Waals surface area contributed by atoms with Gasteiger partial charge in [-0.3, -0.25) is 4.79 Å². The van der Waals surface area contributed by atoms with E-state index in [1.165, 1.54) is 31.0 Å². The molecule has 0 saturated heterocycles. The van der Waals surface area contributed by atoms with Gasteiger partial charge in [-0.15, -0.1) is 10.2 Å². The third-order valence-corrected chi connectivity index (χ3v) is 5.74. The van der Waals surface area contributed by atoms with E-state index in [0.717, 1.165) is 40.7 Å². The van der Waals surface area contributed by atoms with Crippen LogP contribution in [-0.4, -0.2) is 21.9 Å². The average Bonchev–Trinajstić information content (AvgIpc) is 3.12. The zero-order valence-corrected chi connectivity index (χ0v) is 16.2. The number of nitrogens with one attached hydrogen (secondary N) is 1. The lowest BCUT2D eigenvalue weighted by Crippen LogP contribution is -2.14. The molecule has 26 heavy (non-hydrogen) atoms. The van der Waals surface area contributed by atoms with Gasteiger partial charge in [-0.2, -0.15) is 5.26 Å². The summed E-state index contributed by atoms with van der Waals surface area (Å²) in [6.07, 6.45) is 5.91. The van der Waals surface area contributed by atoms with Gasteiger partial charge < -0.3 is 9.73 Å². The second-order valence-corrected chi connectivity index (χ2v) is 8.03. The first-order valence-electron chi connectivity index (χ1n) is 8.58. The van der Waals surface area contributed by atoms with Gasteiger partial charge in [-0.05, 0) is 55.3 Å². The van der Waals surface area contributed by atoms with Crippen molar-refractivity contribution in [3.05, 3.63) is 29.7 Å². The number of rotatable bonds is 6. The lowest BCUT2D eigenvalue weighted by molar-refractivity contribution is -0.113. The fourth-order valence-corrected chi connectivity index (χ4v) is 4.05. The first-order valence-corrected chi connectivity index (χ1v) is 10.4. The van der Waals surface area contributed by atoms with Crippen molar-refractivity contribution in [2.75, 3.05) is 11.1 Å². The summed E-state index contributed by atoms with van der Waals surface area (Å²) in [5, 5.41) is 22.3. The summed E-state index contributed by atoms with van der Waals surface area (Å²) in [5.74, 6) is 1.15. The van der Waals surface area contributed by atoms with E-state index in [-0.39, 0.29) is 11.7 Å². The van der Waals surface area contributed by atoms with Crippen molar-refractivity contribution in [3.8, 4) is 5.40 Å². The smallest absolute Gasteiger partial charge is 0.277 e. The van der Waals surface area contributed by atoms with E-state index >= 15 is 0 Å². The van der Waals surface area contributed by atoms with Gasteiger partial charge >= 0.3 is 0 Å². The Kier molecular flexibility index (Phi) is 6.58. The summed E-state index contributed by atoms with van der Waals surface area (Å²) < 4.78 is 5.72. The number of aromatic nitrogens is 2. The number of carbonyl (C=O) groups is 1. The fourth-order valence-electron chi connectivity index (χ4n) is 3.00. The van der Waals surface area contributed by atoms with Gasteiger partial charge in [0.05, 0.1) is 5.75 Å². The highest BCUT2D eigenvalue weighted by atomic mass is 32.2. The molecule has 3 rings (SSSR count). The molecule has 0 spiro atoms. The molecule has 136 valence electrons. The van der Waals surface area contributed by atoms with E-state index in [1.54, 1.807) is 0 Å². The zero-order valence-electron chi connectivity index (χ0n) is 14.5. The van der Waals surface area contributed by atoms with Crippen LogP contribution in [0.5, 0.6) is 0 Å². The van der Waals surface area contributed by atoms with Crippen LogP contribution in [0.1, 0.15) is 49.5 Å². The van der Waals surface area contributed by atoms with Crippen LogP contribution in [0.25, 0.3) is 0 Å². The summed E-state index contributed by atoms with van der Waals surface area (Å²) in [6.45, 7) is 1.90. The molecule has 1 N–H and O–H groups in total. The Balaban J connectivity index is 1.51. The number of amides is 1. The number of nitriles is 1. The fraction of sp³-hybridized carbons (Fsp3) is 0.444. The number of thiocyanates is 1. The van der Waals surface area contributed by atoms with Gasteiger partial charge in [0.1, 0.15) is 5.40 Å². The van der Waals surface area contributed by atoms with Crippen LogP contribution in [0, 0.1) is 17.6 Å². The second kappa shape index (κ2) is 9.10. The summed E-state index contributed by atoms with van der Waals surface area (Å²) in [4.78, 5) is 13.0. The third-order valence-electron chi connectivity index (χ3n) is 4.34. The van der Waals surface area contributed by atoms with Crippen LogP contribution in [0.15, 0.2) is 32.7 Å². The molecule has 0 radical (unpaired) electrons. The van der Waals surface area contributed by atoms with Crippen LogP contribution in [-0.2, 0) is 4.79 Å². The largest absolute Gasteiger partial charge is 0.416 e. The van der Waals surface area contributed by atoms with Gasteiger partial charge in [-0.1, -0.05) is 31.0 Å². The Hall–Kier alpha value is -1.98. The maximum atomic E-state index is 12.2. The van der Waals surface area contributed by atoms with Gasteiger partial charge in [-0.25, -0.2) is 0 Å². The summed E-state index contributed by atoms with van der Waals surface area (Å²) in [6, 6.07) is 5.51. The van der Waals surface area contributed by atoms with Gasteiger partial charge in [0, 0.05) is 16.5 Å². The van der Waals surface area contributed by atoms with Crippen molar-refractivity contribution in [1.29, 1.82) is 5.26 Å². The summed E-state index contributed by atoms with van der Waals surface area (Å²) in [5.41, 5.74) is 1.66. The summed E-state index contributed by atoms with van der Waals surface area (Å²) >= 11 is 2.35. The average molecular weight is 389 g/mol. The molecule has 0 unspecified atom stereocenters. The normalized spacial score (nSPS) is 14.8. The molecule has 0 aliphatic heterocycles. The first kappa shape index (κ1) is 18.8. The van der Waals surface area contributed by atoms with E-state index < -0.39 is 0 Å². The van der Waals surface area contributed by atoms with Crippen LogP contribution in [0.3, 0.4) is 0 Å². The second-order valence-electron chi connectivity index (χ2n) is 6.25. The van der Waals surface area contributed by atoms with Crippen molar-refractivity contribution in [3.63, 3.8) is 0 Å². The topological polar surface area (TPSA) is 91.8 Å². The number of benzene rings is 1. The molecular formula is C18H20N4O2S2. The maximum Gasteiger partial charge on any atom is 0.277 e. The molecule has 1 fully saturated rings. The van der Waals surface area contributed by atoms with E-state index in [9.17, 15) is 4.79 Å². The monoisotopic (exact) mass is 388 g/mol. The number of hydrogen-bond donors (Lipinski definition) is 1. The van der Waals surface area contributed by atoms with E-state index in [4.69, 9.17) is 9.68 Å². The number of thioether (sulfide) groups is 2. The predicted molar refractivity (Wildman–Crippen MR) is 102 cm³/mol. The van der Waals surface area contributed by atoms with Crippen molar-refractivity contribution >= 4 is 35.1 Å². The zero-order chi connectivity index (χ0) is 18.4. The minimum atomic E-state index is -0.129. The highest BCUT2D eigenvalue weighted by Crippen LogP contribution is 2.33. The van der Waals surface area contributed by atoms with E-state index in [1.807, 2.05) is 30.5 Å². The highest BCUT2D eigenvalue weighted by molar-refractivity contribution is 8.03. The molecule has 1 saturated carbocycles. The Bertz CT molecular complexity index is 810. The van der Waals surface area contributed by atoms with E-state index in [0.29, 0.717) is 17.0 Å². The molecule has 0 bridgehead atoms. The number of carbonyl (C=O) groups excluding carboxylic acids is 1. The molecule has 1 aliphatic rings.